The van der Waals surface area contributed by atoms with Gasteiger partial charge < -0.3 is 14.8 Å². The van der Waals surface area contributed by atoms with E-state index in [0.717, 1.165) is 44.3 Å². The highest BCUT2D eigenvalue weighted by Crippen LogP contribution is 2.37. The van der Waals surface area contributed by atoms with Crippen molar-refractivity contribution in [3.63, 3.8) is 0 Å². The van der Waals surface area contributed by atoms with Crippen molar-refractivity contribution in [2.24, 2.45) is 11.3 Å². The van der Waals surface area contributed by atoms with Crippen molar-refractivity contribution in [2.45, 2.75) is 13.5 Å². The molecule has 4 nitrogen and oxygen atoms in total. The second-order valence-corrected chi connectivity index (χ2v) is 5.47. The van der Waals surface area contributed by atoms with Crippen molar-refractivity contribution in [1.82, 2.24) is 10.3 Å². The molecule has 0 bridgehead atoms. The summed E-state index contributed by atoms with van der Waals surface area (Å²) >= 11 is 0. The molecular formula is C14H22Cl2N2O2. The molecular weight excluding hydrogens is 299 g/mol. The number of nitrogens with one attached hydrogen (secondary N) is 1. The summed E-state index contributed by atoms with van der Waals surface area (Å²) in [7, 11) is 0. The molecule has 6 heteroatoms. The van der Waals surface area contributed by atoms with Gasteiger partial charge in [0.2, 0.25) is 0 Å². The molecule has 0 aromatic carbocycles. The fourth-order valence-corrected chi connectivity index (χ4v) is 2.91. The Kier molecular flexibility index (Phi) is 6.69. The van der Waals surface area contributed by atoms with E-state index < -0.39 is 0 Å². The van der Waals surface area contributed by atoms with Gasteiger partial charge in [-0.2, -0.15) is 0 Å². The number of aromatic nitrogens is 1. The van der Waals surface area contributed by atoms with Crippen LogP contribution < -0.4 is 5.32 Å². The van der Waals surface area contributed by atoms with Crippen LogP contribution in [0.1, 0.15) is 11.4 Å². The SMILES string of the molecule is Cc1cccc(COC[C@@]23CNC[C@@H]2COC3)n1.Cl.Cl. The van der Waals surface area contributed by atoms with E-state index >= 15 is 0 Å². The number of hydrogen-bond donors (Lipinski definition) is 1. The van der Waals surface area contributed by atoms with Gasteiger partial charge in [-0.15, -0.1) is 24.8 Å². The van der Waals surface area contributed by atoms with Crippen molar-refractivity contribution in [2.75, 3.05) is 32.9 Å². The van der Waals surface area contributed by atoms with Gasteiger partial charge in [0.05, 0.1) is 32.1 Å². The monoisotopic (exact) mass is 320 g/mol. The molecule has 2 aliphatic heterocycles. The Morgan fingerprint density at radius 1 is 1.45 bits per heavy atom. The van der Waals surface area contributed by atoms with Crippen LogP contribution >= 0.6 is 24.8 Å². The lowest BCUT2D eigenvalue weighted by Gasteiger charge is -2.25. The highest BCUT2D eigenvalue weighted by Gasteiger charge is 2.47. The number of halogens is 2. The summed E-state index contributed by atoms with van der Waals surface area (Å²) in [6.07, 6.45) is 0. The van der Waals surface area contributed by atoms with E-state index in [0.29, 0.717) is 12.5 Å². The predicted molar refractivity (Wildman–Crippen MR) is 82.7 cm³/mol. The molecule has 2 atom stereocenters. The molecule has 3 rings (SSSR count). The average molecular weight is 321 g/mol. The Bertz CT molecular complexity index is 421. The van der Waals surface area contributed by atoms with Gasteiger partial charge in [-0.25, -0.2) is 0 Å². The molecule has 2 aliphatic rings. The molecule has 20 heavy (non-hydrogen) atoms. The van der Waals surface area contributed by atoms with E-state index in [1.54, 1.807) is 0 Å². The summed E-state index contributed by atoms with van der Waals surface area (Å²) in [6.45, 7) is 7.14. The van der Waals surface area contributed by atoms with Crippen LogP contribution in [0.5, 0.6) is 0 Å². The molecule has 114 valence electrons. The zero-order valence-corrected chi connectivity index (χ0v) is 13.3. The Morgan fingerprint density at radius 3 is 3.10 bits per heavy atom. The maximum atomic E-state index is 5.88. The van der Waals surface area contributed by atoms with Gasteiger partial charge in [0.1, 0.15) is 0 Å². The fourth-order valence-electron chi connectivity index (χ4n) is 2.91. The van der Waals surface area contributed by atoms with Crippen molar-refractivity contribution in [3.8, 4) is 0 Å². The van der Waals surface area contributed by atoms with Gasteiger partial charge in [-0.05, 0) is 19.1 Å². The molecule has 2 saturated heterocycles. The minimum Gasteiger partial charge on any atom is -0.380 e. The normalized spacial score (nSPS) is 27.6. The summed E-state index contributed by atoms with van der Waals surface area (Å²) in [5.41, 5.74) is 2.25. The number of ether oxygens (including phenoxy) is 2. The van der Waals surface area contributed by atoms with E-state index in [2.05, 4.69) is 10.3 Å². The Balaban J connectivity index is 0.000001000. The van der Waals surface area contributed by atoms with Gasteiger partial charge in [-0.3, -0.25) is 4.98 Å². The lowest BCUT2D eigenvalue weighted by Crippen LogP contribution is -2.34. The minimum atomic E-state index is 0. The topological polar surface area (TPSA) is 43.4 Å². The number of pyridine rings is 1. The highest BCUT2D eigenvalue weighted by atomic mass is 35.5. The van der Waals surface area contributed by atoms with Crippen LogP contribution in [-0.4, -0.2) is 37.9 Å². The fraction of sp³-hybridized carbons (Fsp3) is 0.643. The Hall–Kier alpha value is -0.390. The van der Waals surface area contributed by atoms with E-state index in [-0.39, 0.29) is 30.2 Å². The first-order valence-electron chi connectivity index (χ1n) is 6.57. The van der Waals surface area contributed by atoms with Gasteiger partial charge in [0, 0.05) is 30.1 Å². The predicted octanol–water partition coefficient (Wildman–Crippen LogP) is 1.99. The summed E-state index contributed by atoms with van der Waals surface area (Å²) in [5.74, 6) is 0.614. The smallest absolute Gasteiger partial charge is 0.0888 e. The lowest BCUT2D eigenvalue weighted by molar-refractivity contribution is 0.0240. The summed E-state index contributed by atoms with van der Waals surface area (Å²) < 4.78 is 11.5. The lowest BCUT2D eigenvalue weighted by atomic mass is 9.82. The molecule has 3 heterocycles. The van der Waals surface area contributed by atoms with E-state index in [9.17, 15) is 0 Å². The molecule has 0 aliphatic carbocycles. The first kappa shape index (κ1) is 17.7. The molecule has 0 saturated carbocycles. The average Bonchev–Trinajstić information content (AvgIpc) is 2.88. The standard InChI is InChI=1S/C14H20N2O2.2ClH/c1-11-3-2-4-13(16-11)7-18-10-14-8-15-5-12(14)6-17-9-14;;/h2-4,12,15H,5-10H2,1H3;2*1H/t12-,14+;;/m1../s1. The largest absolute Gasteiger partial charge is 0.380 e. The van der Waals surface area contributed by atoms with Crippen LogP contribution in [0, 0.1) is 18.3 Å². The van der Waals surface area contributed by atoms with Crippen molar-refractivity contribution >= 4 is 24.8 Å². The third-order valence-electron chi connectivity index (χ3n) is 4.03. The van der Waals surface area contributed by atoms with Crippen LogP contribution in [0.4, 0.5) is 0 Å². The molecule has 1 aromatic rings. The van der Waals surface area contributed by atoms with Crippen molar-refractivity contribution in [3.05, 3.63) is 29.6 Å². The second kappa shape index (κ2) is 7.57. The van der Waals surface area contributed by atoms with Crippen LogP contribution in [-0.2, 0) is 16.1 Å². The van der Waals surface area contributed by atoms with E-state index in [1.807, 2.05) is 25.1 Å². The Morgan fingerprint density at radius 2 is 2.30 bits per heavy atom. The Labute approximate surface area is 132 Å². The quantitative estimate of drug-likeness (QED) is 0.921. The molecule has 0 amide bonds. The maximum absolute atomic E-state index is 5.88. The molecule has 0 spiro atoms. The van der Waals surface area contributed by atoms with Crippen LogP contribution in [0.2, 0.25) is 0 Å². The number of fused-ring (bicyclic) bond motifs is 1. The van der Waals surface area contributed by atoms with Gasteiger partial charge in [-0.1, -0.05) is 6.07 Å². The minimum absolute atomic E-state index is 0. The van der Waals surface area contributed by atoms with Crippen molar-refractivity contribution in [1.29, 1.82) is 0 Å². The zero-order chi connectivity index (χ0) is 12.4. The van der Waals surface area contributed by atoms with Gasteiger partial charge >= 0.3 is 0 Å². The molecule has 1 N–H and O–H groups in total. The number of hydrogen-bond acceptors (Lipinski definition) is 4. The van der Waals surface area contributed by atoms with Gasteiger partial charge in [0.25, 0.3) is 0 Å². The zero-order valence-electron chi connectivity index (χ0n) is 11.6. The number of aryl methyl sites for hydroxylation is 1. The first-order chi connectivity index (χ1) is 8.78. The number of nitrogens with zero attached hydrogens (tertiary/aromatic N) is 1. The molecule has 2 fully saturated rings. The van der Waals surface area contributed by atoms with Crippen LogP contribution in [0.25, 0.3) is 0 Å². The maximum Gasteiger partial charge on any atom is 0.0888 e. The van der Waals surface area contributed by atoms with Crippen molar-refractivity contribution < 1.29 is 9.47 Å². The molecule has 0 unspecified atom stereocenters. The molecule has 0 radical (unpaired) electrons. The number of rotatable bonds is 4. The molecule has 1 aromatic heterocycles. The first-order valence-corrected chi connectivity index (χ1v) is 6.57. The highest BCUT2D eigenvalue weighted by molar-refractivity contribution is 5.85. The summed E-state index contributed by atoms with van der Waals surface area (Å²) in [4.78, 5) is 4.45. The van der Waals surface area contributed by atoms with E-state index in [1.165, 1.54) is 0 Å². The third-order valence-corrected chi connectivity index (χ3v) is 4.03. The second-order valence-electron chi connectivity index (χ2n) is 5.47. The van der Waals surface area contributed by atoms with E-state index in [4.69, 9.17) is 9.47 Å². The van der Waals surface area contributed by atoms with Crippen LogP contribution in [0.15, 0.2) is 18.2 Å². The summed E-state index contributed by atoms with van der Waals surface area (Å²) in [6, 6.07) is 6.04. The van der Waals surface area contributed by atoms with Gasteiger partial charge in [0.15, 0.2) is 0 Å². The third kappa shape index (κ3) is 3.62. The summed E-state index contributed by atoms with van der Waals surface area (Å²) in [5, 5.41) is 3.45. The van der Waals surface area contributed by atoms with Crippen LogP contribution in [0.3, 0.4) is 0 Å².